The van der Waals surface area contributed by atoms with E-state index in [0.717, 1.165) is 6.07 Å². The van der Waals surface area contributed by atoms with E-state index in [2.05, 4.69) is 10.3 Å². The number of benzene rings is 3. The Morgan fingerprint density at radius 2 is 1.60 bits per heavy atom. The van der Waals surface area contributed by atoms with Gasteiger partial charge < -0.3 is 24.1 Å². The van der Waals surface area contributed by atoms with Gasteiger partial charge in [-0.15, -0.1) is 0 Å². The Balaban J connectivity index is 1.45. The number of nitrogens with one attached hydrogen (secondary N) is 1. The Morgan fingerprint density at radius 3 is 2.26 bits per heavy atom. The van der Waals surface area contributed by atoms with Crippen LogP contribution < -0.4 is 25.0 Å². The molecule has 5 aromatic rings. The van der Waals surface area contributed by atoms with Gasteiger partial charge in [0, 0.05) is 52.9 Å². The number of rotatable bonds is 8. The summed E-state index contributed by atoms with van der Waals surface area (Å²) in [6.45, 7) is 5.61. The number of nitrogens with zero attached hydrogens (tertiary/aromatic N) is 2. The van der Waals surface area contributed by atoms with Gasteiger partial charge in [0.25, 0.3) is 5.91 Å². The van der Waals surface area contributed by atoms with Crippen molar-refractivity contribution >= 4 is 22.5 Å². The fourth-order valence-corrected chi connectivity index (χ4v) is 4.89. The van der Waals surface area contributed by atoms with Gasteiger partial charge in [-0.25, -0.2) is 8.78 Å². The predicted molar refractivity (Wildman–Crippen MR) is 160 cm³/mol. The number of pyridine rings is 2. The second-order valence-electron chi connectivity index (χ2n) is 10.1. The van der Waals surface area contributed by atoms with Crippen molar-refractivity contribution in [1.82, 2.24) is 9.55 Å². The van der Waals surface area contributed by atoms with Crippen LogP contribution in [0.3, 0.4) is 0 Å². The fourth-order valence-electron chi connectivity index (χ4n) is 4.89. The molecule has 43 heavy (non-hydrogen) atoms. The Labute approximate surface area is 246 Å². The molecule has 0 radical (unpaired) electrons. The summed E-state index contributed by atoms with van der Waals surface area (Å²) in [5.41, 5.74) is 1.44. The minimum atomic E-state index is -0.737. The molecule has 5 rings (SSSR count). The molecule has 0 saturated carbocycles. The van der Waals surface area contributed by atoms with Crippen molar-refractivity contribution in [2.45, 2.75) is 26.8 Å². The number of hydrogen-bond donors (Lipinski definition) is 1. The molecule has 0 saturated heterocycles. The summed E-state index contributed by atoms with van der Waals surface area (Å²) in [6.07, 6.45) is 3.01. The number of halogens is 2. The molecule has 3 aromatic carbocycles. The second kappa shape index (κ2) is 11.9. The van der Waals surface area contributed by atoms with E-state index in [1.54, 1.807) is 29.7 Å². The fraction of sp³-hybridized carbons (Fsp3) is 0.182. The van der Waals surface area contributed by atoms with Gasteiger partial charge >= 0.3 is 0 Å². The number of amides is 1. The molecule has 10 heteroatoms. The summed E-state index contributed by atoms with van der Waals surface area (Å²) >= 11 is 0. The lowest BCUT2D eigenvalue weighted by Gasteiger charge is -2.20. The van der Waals surface area contributed by atoms with E-state index in [0.29, 0.717) is 39.4 Å². The number of ether oxygens (including phenoxy) is 3. The summed E-state index contributed by atoms with van der Waals surface area (Å²) in [7, 11) is 3.02. The summed E-state index contributed by atoms with van der Waals surface area (Å²) in [6, 6.07) is 14.4. The summed E-state index contributed by atoms with van der Waals surface area (Å²) < 4.78 is 47.2. The molecule has 2 aromatic heterocycles. The van der Waals surface area contributed by atoms with Crippen LogP contribution in [-0.2, 0) is 0 Å². The maximum Gasteiger partial charge on any atom is 0.261 e. The highest BCUT2D eigenvalue weighted by Gasteiger charge is 2.21. The first kappa shape index (κ1) is 29.2. The normalized spacial score (nSPS) is 11.1. The van der Waals surface area contributed by atoms with Crippen LogP contribution in [0.25, 0.3) is 22.0 Å². The first-order valence-corrected chi connectivity index (χ1v) is 13.4. The smallest absolute Gasteiger partial charge is 0.261 e. The molecule has 0 aliphatic heterocycles. The third kappa shape index (κ3) is 5.76. The van der Waals surface area contributed by atoms with Crippen molar-refractivity contribution < 1.29 is 27.8 Å². The van der Waals surface area contributed by atoms with Gasteiger partial charge in [0.1, 0.15) is 17.1 Å². The lowest BCUT2D eigenvalue weighted by Crippen LogP contribution is -2.26. The molecule has 0 aliphatic rings. The van der Waals surface area contributed by atoms with Crippen molar-refractivity contribution in [1.29, 1.82) is 0 Å². The van der Waals surface area contributed by atoms with E-state index in [4.69, 9.17) is 14.2 Å². The monoisotopic (exact) mass is 585 g/mol. The minimum absolute atomic E-state index is 0.0782. The molecule has 8 nitrogen and oxygen atoms in total. The van der Waals surface area contributed by atoms with Crippen LogP contribution in [0.2, 0.25) is 0 Å². The average Bonchev–Trinajstić information content (AvgIpc) is 2.98. The van der Waals surface area contributed by atoms with Gasteiger partial charge in [-0.2, -0.15) is 0 Å². The summed E-state index contributed by atoms with van der Waals surface area (Å²) in [5.74, 6) is -0.687. The Morgan fingerprint density at radius 1 is 0.907 bits per heavy atom. The molecule has 0 atom stereocenters. The van der Waals surface area contributed by atoms with Gasteiger partial charge in [0.05, 0.1) is 19.7 Å². The number of methoxy groups -OCH3 is 2. The van der Waals surface area contributed by atoms with Crippen LogP contribution in [0.15, 0.2) is 77.9 Å². The largest absolute Gasteiger partial charge is 0.493 e. The van der Waals surface area contributed by atoms with Crippen LogP contribution in [0, 0.1) is 18.6 Å². The zero-order valence-electron chi connectivity index (χ0n) is 24.2. The highest BCUT2D eigenvalue weighted by Crippen LogP contribution is 2.37. The number of hydrogen-bond acceptors (Lipinski definition) is 6. The van der Waals surface area contributed by atoms with Crippen molar-refractivity contribution in [2.24, 2.45) is 0 Å². The van der Waals surface area contributed by atoms with Crippen molar-refractivity contribution in [2.75, 3.05) is 19.5 Å². The molecule has 0 fully saturated rings. The van der Waals surface area contributed by atoms with E-state index in [9.17, 15) is 14.0 Å². The molecule has 1 amide bonds. The molecule has 2 heterocycles. The van der Waals surface area contributed by atoms with Gasteiger partial charge in [0.2, 0.25) is 5.43 Å². The maximum absolute atomic E-state index is 15.2. The predicted octanol–water partition coefficient (Wildman–Crippen LogP) is 7.29. The number of fused-ring (bicyclic) bond motifs is 1. The van der Waals surface area contributed by atoms with Crippen LogP contribution in [-0.4, -0.2) is 29.7 Å². The van der Waals surface area contributed by atoms with Crippen LogP contribution in [0.5, 0.6) is 23.0 Å². The van der Waals surface area contributed by atoms with Gasteiger partial charge in [0.15, 0.2) is 23.1 Å². The van der Waals surface area contributed by atoms with E-state index < -0.39 is 23.0 Å². The molecule has 0 unspecified atom stereocenters. The highest BCUT2D eigenvalue weighted by atomic mass is 19.1. The first-order valence-electron chi connectivity index (χ1n) is 13.4. The highest BCUT2D eigenvalue weighted by molar-refractivity contribution is 6.04. The van der Waals surface area contributed by atoms with E-state index >= 15 is 4.39 Å². The molecular formula is C33H29F2N3O5. The number of aromatic nitrogens is 2. The molecule has 1 N–H and O–H groups in total. The number of carbonyl (C=O) groups is 1. The van der Waals surface area contributed by atoms with Gasteiger partial charge in [-0.1, -0.05) is 12.1 Å². The number of carbonyl (C=O) groups excluding carboxylic acids is 1. The third-order valence-electron chi connectivity index (χ3n) is 7.04. The van der Waals surface area contributed by atoms with Crippen LogP contribution >= 0.6 is 0 Å². The third-order valence-corrected chi connectivity index (χ3v) is 7.04. The lowest BCUT2D eigenvalue weighted by atomic mass is 10.00. The van der Waals surface area contributed by atoms with Crippen LogP contribution in [0.4, 0.5) is 14.5 Å². The van der Waals surface area contributed by atoms with E-state index in [1.807, 2.05) is 13.8 Å². The van der Waals surface area contributed by atoms with E-state index in [-0.39, 0.29) is 28.6 Å². The summed E-state index contributed by atoms with van der Waals surface area (Å²) in [4.78, 5) is 31.2. The Bertz CT molecular complexity index is 1900. The summed E-state index contributed by atoms with van der Waals surface area (Å²) in [5, 5.41) is 3.19. The standard InChI is InChI=1S/C33H29F2N3O5/c1-18(2)38-17-24(32(39)31(19(38)3)20-6-8-21(34)9-7-20)33(40)37-22-10-11-28(25(35)14-22)43-27-12-13-36-26-16-30(42-5)29(41-4)15-23(26)27/h6-18H,1-5H3,(H,37,40). The molecule has 220 valence electrons. The molecule has 0 bridgehead atoms. The minimum Gasteiger partial charge on any atom is -0.493 e. The second-order valence-corrected chi connectivity index (χ2v) is 10.1. The van der Waals surface area contributed by atoms with Crippen molar-refractivity contribution in [3.63, 3.8) is 0 Å². The zero-order chi connectivity index (χ0) is 30.8. The molecule has 0 aliphatic carbocycles. The van der Waals surface area contributed by atoms with Crippen LogP contribution in [0.1, 0.15) is 35.9 Å². The van der Waals surface area contributed by atoms with Gasteiger partial charge in [-0.05, 0) is 62.7 Å². The quantitative estimate of drug-likeness (QED) is 0.206. The molecule has 0 spiro atoms. The number of anilines is 1. The van der Waals surface area contributed by atoms with E-state index in [1.165, 1.54) is 63.0 Å². The van der Waals surface area contributed by atoms with Crippen molar-refractivity contribution in [3.05, 3.63) is 106 Å². The Hall–Kier alpha value is -5.25. The topological polar surface area (TPSA) is 91.7 Å². The Kier molecular flexibility index (Phi) is 8.11. The van der Waals surface area contributed by atoms with Crippen molar-refractivity contribution in [3.8, 4) is 34.1 Å². The van der Waals surface area contributed by atoms with Gasteiger partial charge in [-0.3, -0.25) is 14.6 Å². The lowest BCUT2D eigenvalue weighted by molar-refractivity contribution is 0.102. The molecular weight excluding hydrogens is 556 g/mol. The SMILES string of the molecule is COc1cc2nccc(Oc3ccc(NC(=O)c4cn(C(C)C)c(C)c(-c5ccc(F)cc5)c4=O)cc3F)c2cc1OC. The zero-order valence-corrected chi connectivity index (χ0v) is 24.2. The average molecular weight is 586 g/mol. The maximum atomic E-state index is 15.2. The first-order chi connectivity index (χ1) is 20.6.